The zero-order chi connectivity index (χ0) is 14.5. The van der Waals surface area contributed by atoms with Crippen LogP contribution in [-0.2, 0) is 0 Å². The fraction of sp³-hybridized carbons (Fsp3) is 0.154. The smallest absolute Gasteiger partial charge is 0.254 e. The summed E-state index contributed by atoms with van der Waals surface area (Å²) in [6.45, 7) is 2.11. The van der Waals surface area contributed by atoms with E-state index in [2.05, 4.69) is 15.3 Å². The second kappa shape index (κ2) is 5.96. The Labute approximate surface area is 114 Å². The first-order valence-electron chi connectivity index (χ1n) is 5.93. The van der Waals surface area contributed by atoms with Crippen molar-refractivity contribution in [3.8, 4) is 5.88 Å². The predicted molar refractivity (Wildman–Crippen MR) is 71.4 cm³/mol. The summed E-state index contributed by atoms with van der Waals surface area (Å²) < 4.78 is 18.2. The van der Waals surface area contributed by atoms with E-state index in [9.17, 15) is 9.18 Å². The Morgan fingerprint density at radius 3 is 2.70 bits per heavy atom. The summed E-state index contributed by atoms with van der Waals surface area (Å²) in [5, 5.41) is 2.82. The molecule has 0 aliphatic rings. The van der Waals surface area contributed by atoms with Crippen molar-refractivity contribution in [1.82, 2.24) is 9.97 Å². The molecule has 0 spiro atoms. The van der Waals surface area contributed by atoms with Gasteiger partial charge in [0.05, 0.1) is 6.61 Å². The zero-order valence-electron chi connectivity index (χ0n) is 10.8. The van der Waals surface area contributed by atoms with Crippen LogP contribution in [0.2, 0.25) is 0 Å². The molecule has 0 saturated carbocycles. The number of halogens is 1. The Balaban J connectivity index is 2.29. The van der Waals surface area contributed by atoms with Crippen molar-refractivity contribution in [2.75, 3.05) is 11.9 Å². The third kappa shape index (κ3) is 3.19. The van der Waals surface area contributed by atoms with Crippen molar-refractivity contribution in [2.45, 2.75) is 6.92 Å². The average molecular weight is 276 g/mol. The van der Waals surface area contributed by atoms with E-state index < -0.39 is 11.9 Å². The van der Waals surface area contributed by atoms with Crippen LogP contribution >= 0.6 is 0 Å². The number of nitrogens with two attached hydrogens (primary N) is 1. The highest BCUT2D eigenvalue weighted by molar-refractivity contribution is 5.95. The van der Waals surface area contributed by atoms with Gasteiger partial charge in [-0.2, -0.15) is 9.37 Å². The normalized spacial score (nSPS) is 10.1. The van der Waals surface area contributed by atoms with Crippen molar-refractivity contribution in [2.24, 2.45) is 5.73 Å². The van der Waals surface area contributed by atoms with Crippen LogP contribution < -0.4 is 15.8 Å². The van der Waals surface area contributed by atoms with Crippen molar-refractivity contribution in [3.63, 3.8) is 0 Å². The highest BCUT2D eigenvalue weighted by atomic mass is 19.1. The number of primary amides is 1. The van der Waals surface area contributed by atoms with Crippen LogP contribution in [0.25, 0.3) is 0 Å². The number of anilines is 2. The predicted octanol–water partition coefficient (Wildman–Crippen LogP) is 1.86. The van der Waals surface area contributed by atoms with Gasteiger partial charge in [0.1, 0.15) is 17.2 Å². The lowest BCUT2D eigenvalue weighted by atomic mass is 10.2. The van der Waals surface area contributed by atoms with E-state index in [-0.39, 0.29) is 11.4 Å². The fourth-order valence-corrected chi connectivity index (χ4v) is 1.55. The molecule has 0 saturated heterocycles. The molecule has 0 atom stereocenters. The number of hydrogen-bond acceptors (Lipinski definition) is 5. The number of pyridine rings is 2. The maximum Gasteiger partial charge on any atom is 0.254 e. The van der Waals surface area contributed by atoms with E-state index in [4.69, 9.17) is 10.5 Å². The summed E-state index contributed by atoms with van der Waals surface area (Å²) >= 11 is 0. The summed E-state index contributed by atoms with van der Waals surface area (Å²) in [6, 6.07) is 7.37. The van der Waals surface area contributed by atoms with Gasteiger partial charge >= 0.3 is 0 Å². The number of hydrogen-bond donors (Lipinski definition) is 2. The maximum absolute atomic E-state index is 13.0. The number of nitrogens with one attached hydrogen (secondary N) is 1. The molecule has 0 bridgehead atoms. The Bertz CT molecular complexity index is 634. The van der Waals surface area contributed by atoms with E-state index in [0.29, 0.717) is 18.2 Å². The molecular weight excluding hydrogens is 263 g/mol. The first-order valence-corrected chi connectivity index (χ1v) is 5.93. The lowest BCUT2D eigenvalue weighted by molar-refractivity contribution is 0.0996. The molecule has 0 fully saturated rings. The van der Waals surface area contributed by atoms with E-state index >= 15 is 0 Å². The van der Waals surface area contributed by atoms with Gasteiger partial charge in [-0.05, 0) is 31.2 Å². The summed E-state index contributed by atoms with van der Waals surface area (Å²) in [4.78, 5) is 19.0. The second-order valence-electron chi connectivity index (χ2n) is 3.82. The van der Waals surface area contributed by atoms with Gasteiger partial charge in [0.2, 0.25) is 11.8 Å². The Morgan fingerprint density at radius 1 is 1.30 bits per heavy atom. The highest BCUT2D eigenvalue weighted by Gasteiger charge is 2.12. The minimum atomic E-state index is -0.628. The fourth-order valence-electron chi connectivity index (χ4n) is 1.55. The van der Waals surface area contributed by atoms with Crippen molar-refractivity contribution >= 4 is 17.5 Å². The minimum Gasteiger partial charge on any atom is -0.477 e. The van der Waals surface area contributed by atoms with Gasteiger partial charge < -0.3 is 15.8 Å². The summed E-state index contributed by atoms with van der Waals surface area (Å²) in [6.07, 6.45) is 0. The molecule has 2 heterocycles. The standard InChI is InChI=1S/C13H13FN4O2/c1-2-20-13-8(12(15)19)6-7-11(18-13)17-10-5-3-4-9(14)16-10/h3-7H,2H2,1H3,(H2,15,19)(H,16,17,18). The van der Waals surface area contributed by atoms with Crippen molar-refractivity contribution in [1.29, 1.82) is 0 Å². The van der Waals surface area contributed by atoms with Crippen LogP contribution in [0.3, 0.4) is 0 Å². The van der Waals surface area contributed by atoms with Crippen LogP contribution in [0.4, 0.5) is 16.0 Å². The molecule has 6 nitrogen and oxygen atoms in total. The quantitative estimate of drug-likeness (QED) is 0.813. The Hall–Kier alpha value is -2.70. The van der Waals surface area contributed by atoms with Gasteiger partial charge in [0.25, 0.3) is 5.91 Å². The molecule has 20 heavy (non-hydrogen) atoms. The number of amides is 1. The molecule has 2 aromatic heterocycles. The SMILES string of the molecule is CCOc1nc(Nc2cccc(F)n2)ccc1C(N)=O. The molecule has 0 aliphatic carbocycles. The third-order valence-corrected chi connectivity index (χ3v) is 2.38. The van der Waals surface area contributed by atoms with Crippen LogP contribution in [0, 0.1) is 5.95 Å². The maximum atomic E-state index is 13.0. The Kier molecular flexibility index (Phi) is 4.09. The molecule has 2 rings (SSSR count). The summed E-state index contributed by atoms with van der Waals surface area (Å²) in [5.41, 5.74) is 5.41. The molecule has 0 unspecified atom stereocenters. The van der Waals surface area contributed by atoms with E-state index in [1.165, 1.54) is 24.3 Å². The largest absolute Gasteiger partial charge is 0.477 e. The number of carbonyl (C=O) groups is 1. The number of ether oxygens (including phenoxy) is 1. The van der Waals surface area contributed by atoms with Crippen LogP contribution in [0.15, 0.2) is 30.3 Å². The lowest BCUT2D eigenvalue weighted by Crippen LogP contribution is -2.14. The van der Waals surface area contributed by atoms with Crippen LogP contribution in [0.1, 0.15) is 17.3 Å². The molecule has 0 aromatic carbocycles. The molecule has 1 amide bonds. The van der Waals surface area contributed by atoms with Crippen LogP contribution in [0.5, 0.6) is 5.88 Å². The van der Waals surface area contributed by atoms with Crippen molar-refractivity contribution in [3.05, 3.63) is 41.8 Å². The van der Waals surface area contributed by atoms with E-state index in [0.717, 1.165) is 0 Å². The molecular formula is C13H13FN4O2. The lowest BCUT2D eigenvalue weighted by Gasteiger charge is -2.10. The average Bonchev–Trinajstić information content (AvgIpc) is 2.39. The van der Waals surface area contributed by atoms with Gasteiger partial charge in [-0.15, -0.1) is 0 Å². The number of aromatic nitrogens is 2. The first kappa shape index (κ1) is 13.7. The monoisotopic (exact) mass is 276 g/mol. The van der Waals surface area contributed by atoms with Gasteiger partial charge in [-0.3, -0.25) is 4.79 Å². The molecule has 0 aliphatic heterocycles. The Morgan fingerprint density at radius 2 is 2.05 bits per heavy atom. The third-order valence-electron chi connectivity index (χ3n) is 2.38. The van der Waals surface area contributed by atoms with Gasteiger partial charge in [-0.25, -0.2) is 4.98 Å². The zero-order valence-corrected chi connectivity index (χ0v) is 10.8. The number of carbonyl (C=O) groups excluding carboxylic acids is 1. The highest BCUT2D eigenvalue weighted by Crippen LogP contribution is 2.20. The van der Waals surface area contributed by atoms with Crippen molar-refractivity contribution < 1.29 is 13.9 Å². The molecule has 3 N–H and O–H groups in total. The number of nitrogens with zero attached hydrogens (tertiary/aromatic N) is 2. The minimum absolute atomic E-state index is 0.126. The van der Waals surface area contributed by atoms with Gasteiger partial charge in [-0.1, -0.05) is 6.07 Å². The van der Waals surface area contributed by atoms with E-state index in [1.54, 1.807) is 13.0 Å². The second-order valence-corrected chi connectivity index (χ2v) is 3.82. The summed E-state index contributed by atoms with van der Waals surface area (Å²) in [7, 11) is 0. The van der Waals surface area contributed by atoms with E-state index in [1.807, 2.05) is 0 Å². The van der Waals surface area contributed by atoms with Gasteiger partial charge in [0, 0.05) is 0 Å². The molecule has 104 valence electrons. The molecule has 7 heteroatoms. The summed E-state index contributed by atoms with van der Waals surface area (Å²) in [5.74, 6) is -0.435. The molecule has 0 radical (unpaired) electrons. The van der Waals surface area contributed by atoms with Crippen LogP contribution in [-0.4, -0.2) is 22.5 Å². The van der Waals surface area contributed by atoms with Gasteiger partial charge in [0.15, 0.2) is 0 Å². The number of rotatable bonds is 5. The topological polar surface area (TPSA) is 90.1 Å². The molecule has 2 aromatic rings. The first-order chi connectivity index (χ1) is 9.60.